The number of hydrogen-bond acceptors (Lipinski definition) is 4. The lowest BCUT2D eigenvalue weighted by molar-refractivity contribution is 0.257. The highest BCUT2D eigenvalue weighted by molar-refractivity contribution is 6.30. The lowest BCUT2D eigenvalue weighted by atomic mass is 10.3. The van der Waals surface area contributed by atoms with Crippen LogP contribution in [0.5, 0.6) is 5.88 Å². The van der Waals surface area contributed by atoms with Crippen molar-refractivity contribution in [2.75, 3.05) is 0 Å². The smallest absolute Gasteiger partial charge is 0.221 e. The third kappa shape index (κ3) is 2.77. The van der Waals surface area contributed by atoms with Crippen LogP contribution in [0.15, 0.2) is 22.8 Å². The van der Waals surface area contributed by atoms with Crippen molar-refractivity contribution in [3.8, 4) is 5.88 Å². The van der Waals surface area contributed by atoms with Gasteiger partial charge in [-0.15, -0.1) is 0 Å². The summed E-state index contributed by atoms with van der Waals surface area (Å²) in [6, 6.07) is 3.66. The fourth-order valence-electron chi connectivity index (χ4n) is 1.34. The maximum Gasteiger partial charge on any atom is 0.221 e. The van der Waals surface area contributed by atoms with Crippen molar-refractivity contribution in [1.82, 2.24) is 9.97 Å². The molecule has 5 heteroatoms. The van der Waals surface area contributed by atoms with Crippen molar-refractivity contribution in [2.24, 2.45) is 0 Å². The maximum atomic E-state index is 6.00. The zero-order valence-corrected chi connectivity index (χ0v) is 10.5. The summed E-state index contributed by atoms with van der Waals surface area (Å²) in [5, 5.41) is 0.436. The molecule has 0 aliphatic heterocycles. The minimum absolute atomic E-state index is 0.338. The van der Waals surface area contributed by atoms with Gasteiger partial charge in [0.05, 0.1) is 6.26 Å². The van der Waals surface area contributed by atoms with Crippen molar-refractivity contribution in [3.63, 3.8) is 0 Å². The average molecular weight is 253 g/mol. The molecule has 0 aliphatic carbocycles. The molecule has 17 heavy (non-hydrogen) atoms. The number of aryl methyl sites for hydroxylation is 1. The van der Waals surface area contributed by atoms with Crippen LogP contribution in [0.3, 0.4) is 0 Å². The highest BCUT2D eigenvalue weighted by Gasteiger charge is 2.10. The summed E-state index contributed by atoms with van der Waals surface area (Å²) in [7, 11) is 0. The van der Waals surface area contributed by atoms with E-state index in [0.29, 0.717) is 23.5 Å². The quantitative estimate of drug-likeness (QED) is 0.784. The van der Waals surface area contributed by atoms with E-state index in [4.69, 9.17) is 20.8 Å². The summed E-state index contributed by atoms with van der Waals surface area (Å²) in [6.45, 7) is 4.14. The zero-order valence-electron chi connectivity index (χ0n) is 9.74. The Morgan fingerprint density at radius 2 is 2.24 bits per heavy atom. The van der Waals surface area contributed by atoms with Gasteiger partial charge in [-0.3, -0.25) is 0 Å². The van der Waals surface area contributed by atoms with E-state index >= 15 is 0 Å². The summed E-state index contributed by atoms with van der Waals surface area (Å²) in [5.41, 5.74) is 0.746. The van der Waals surface area contributed by atoms with E-state index in [2.05, 4.69) is 9.97 Å². The Bertz CT molecular complexity index is 497. The van der Waals surface area contributed by atoms with Crippen LogP contribution in [0, 0.1) is 6.92 Å². The van der Waals surface area contributed by atoms with E-state index in [0.717, 1.165) is 17.7 Å². The van der Waals surface area contributed by atoms with Gasteiger partial charge >= 0.3 is 0 Å². The predicted octanol–water partition coefficient (Wildman–Crippen LogP) is 3.17. The number of ether oxygens (including phenoxy) is 1. The standard InChI is InChI=1S/C12H13ClN2O2/c1-3-10-14-11(13)8(2)12(15-10)17-7-9-5-4-6-16-9/h4-6H,3,7H2,1-2H3. The third-order valence-corrected chi connectivity index (χ3v) is 2.70. The molecule has 0 unspecified atom stereocenters. The lowest BCUT2D eigenvalue weighted by Crippen LogP contribution is -2.03. The maximum absolute atomic E-state index is 6.00. The summed E-state index contributed by atoms with van der Waals surface area (Å²) >= 11 is 6.00. The molecule has 0 aliphatic rings. The van der Waals surface area contributed by atoms with Gasteiger partial charge in [0.15, 0.2) is 0 Å². The van der Waals surface area contributed by atoms with Gasteiger partial charge < -0.3 is 9.15 Å². The van der Waals surface area contributed by atoms with Crippen molar-refractivity contribution in [2.45, 2.75) is 26.9 Å². The number of halogens is 1. The molecule has 0 fully saturated rings. The molecule has 0 saturated carbocycles. The molecule has 0 amide bonds. The van der Waals surface area contributed by atoms with Crippen LogP contribution in [0.25, 0.3) is 0 Å². The van der Waals surface area contributed by atoms with Crippen LogP contribution >= 0.6 is 11.6 Å². The molecule has 0 atom stereocenters. The molecule has 4 nitrogen and oxygen atoms in total. The monoisotopic (exact) mass is 252 g/mol. The molecule has 0 spiro atoms. The highest BCUT2D eigenvalue weighted by atomic mass is 35.5. The third-order valence-electron chi connectivity index (χ3n) is 2.34. The number of hydrogen-bond donors (Lipinski definition) is 0. The van der Waals surface area contributed by atoms with Crippen molar-refractivity contribution in [1.29, 1.82) is 0 Å². The number of nitrogens with zero attached hydrogens (tertiary/aromatic N) is 2. The van der Waals surface area contributed by atoms with Gasteiger partial charge in [-0.25, -0.2) is 4.98 Å². The highest BCUT2D eigenvalue weighted by Crippen LogP contribution is 2.22. The van der Waals surface area contributed by atoms with E-state index in [9.17, 15) is 0 Å². The second kappa shape index (κ2) is 5.19. The first kappa shape index (κ1) is 11.9. The van der Waals surface area contributed by atoms with Gasteiger partial charge in [0.1, 0.15) is 23.3 Å². The average Bonchev–Trinajstić information content (AvgIpc) is 2.84. The Morgan fingerprint density at radius 1 is 1.41 bits per heavy atom. The molecule has 2 aromatic rings. The second-order valence-corrected chi connectivity index (χ2v) is 3.94. The number of furan rings is 1. The van der Waals surface area contributed by atoms with Gasteiger partial charge in [0, 0.05) is 12.0 Å². The molecule has 2 heterocycles. The topological polar surface area (TPSA) is 48.2 Å². The Morgan fingerprint density at radius 3 is 2.88 bits per heavy atom. The van der Waals surface area contributed by atoms with Gasteiger partial charge in [-0.2, -0.15) is 4.98 Å². The molecule has 2 rings (SSSR count). The number of rotatable bonds is 4. The predicted molar refractivity (Wildman–Crippen MR) is 64.2 cm³/mol. The van der Waals surface area contributed by atoms with Crippen LogP contribution in [-0.4, -0.2) is 9.97 Å². The Balaban J connectivity index is 2.17. The van der Waals surface area contributed by atoms with E-state index in [1.165, 1.54) is 0 Å². The molecule has 0 bridgehead atoms. The van der Waals surface area contributed by atoms with Gasteiger partial charge in [0.25, 0.3) is 0 Å². The molecular weight excluding hydrogens is 240 g/mol. The van der Waals surface area contributed by atoms with Crippen LogP contribution in [-0.2, 0) is 13.0 Å². The van der Waals surface area contributed by atoms with Crippen molar-refractivity contribution >= 4 is 11.6 Å². The summed E-state index contributed by atoms with van der Waals surface area (Å²) in [6.07, 6.45) is 2.33. The van der Waals surface area contributed by atoms with Crippen LogP contribution in [0.4, 0.5) is 0 Å². The van der Waals surface area contributed by atoms with E-state index in [1.54, 1.807) is 6.26 Å². The fourth-order valence-corrected chi connectivity index (χ4v) is 1.52. The first-order valence-electron chi connectivity index (χ1n) is 5.39. The number of aromatic nitrogens is 2. The van der Waals surface area contributed by atoms with Gasteiger partial charge in [-0.1, -0.05) is 18.5 Å². The first-order chi connectivity index (χ1) is 8.20. The Kier molecular flexibility index (Phi) is 3.64. The van der Waals surface area contributed by atoms with Crippen LogP contribution < -0.4 is 4.74 Å². The summed E-state index contributed by atoms with van der Waals surface area (Å²) < 4.78 is 10.8. The van der Waals surface area contributed by atoms with E-state index < -0.39 is 0 Å². The summed E-state index contributed by atoms with van der Waals surface area (Å²) in [5.74, 6) is 1.94. The normalized spacial score (nSPS) is 10.5. The molecular formula is C12H13ClN2O2. The Hall–Kier alpha value is -1.55. The van der Waals surface area contributed by atoms with E-state index in [-0.39, 0.29) is 0 Å². The van der Waals surface area contributed by atoms with Crippen molar-refractivity contribution in [3.05, 3.63) is 40.7 Å². The molecule has 0 radical (unpaired) electrons. The molecule has 0 N–H and O–H groups in total. The lowest BCUT2D eigenvalue weighted by Gasteiger charge is -2.09. The SMILES string of the molecule is CCc1nc(Cl)c(C)c(OCc2ccco2)n1. The van der Waals surface area contributed by atoms with Crippen LogP contribution in [0.1, 0.15) is 24.1 Å². The van der Waals surface area contributed by atoms with E-state index in [1.807, 2.05) is 26.0 Å². The first-order valence-corrected chi connectivity index (χ1v) is 5.76. The Labute approximate surface area is 105 Å². The summed E-state index contributed by atoms with van der Waals surface area (Å²) in [4.78, 5) is 8.44. The molecule has 2 aromatic heterocycles. The van der Waals surface area contributed by atoms with Crippen LogP contribution in [0.2, 0.25) is 5.15 Å². The molecule has 90 valence electrons. The zero-order chi connectivity index (χ0) is 12.3. The van der Waals surface area contributed by atoms with Gasteiger partial charge in [-0.05, 0) is 19.1 Å². The molecule has 0 aromatic carbocycles. The van der Waals surface area contributed by atoms with Gasteiger partial charge in [0.2, 0.25) is 5.88 Å². The largest absolute Gasteiger partial charge is 0.469 e. The minimum atomic E-state index is 0.338. The minimum Gasteiger partial charge on any atom is -0.469 e. The second-order valence-electron chi connectivity index (χ2n) is 3.58. The fraction of sp³-hybridized carbons (Fsp3) is 0.333. The molecule has 0 saturated heterocycles. The van der Waals surface area contributed by atoms with Crippen molar-refractivity contribution < 1.29 is 9.15 Å².